The van der Waals surface area contributed by atoms with Crippen molar-refractivity contribution in [2.24, 2.45) is 11.3 Å². The lowest BCUT2D eigenvalue weighted by molar-refractivity contribution is -0.129. The number of likely N-dealkylation sites (tertiary alicyclic amines) is 1. The summed E-state index contributed by atoms with van der Waals surface area (Å²) in [6.07, 6.45) is 0. The molecule has 0 aromatic rings. The molecule has 3 heteroatoms. The molecule has 0 bridgehead atoms. The van der Waals surface area contributed by atoms with Gasteiger partial charge in [-0.3, -0.25) is 4.79 Å². The number of amides is 1. The molecule has 0 spiro atoms. The Morgan fingerprint density at radius 3 is 2.62 bits per heavy atom. The fraction of sp³-hybridized carbons (Fsp3) is 0.900. The molecule has 0 aliphatic carbocycles. The predicted molar refractivity (Wildman–Crippen MR) is 53.5 cm³/mol. The summed E-state index contributed by atoms with van der Waals surface area (Å²) in [6, 6.07) is 0. The minimum Gasteiger partial charge on any atom is -0.341 e. The highest BCUT2D eigenvalue weighted by molar-refractivity contribution is 5.78. The second-order valence-corrected chi connectivity index (χ2v) is 4.69. The van der Waals surface area contributed by atoms with Gasteiger partial charge in [0, 0.05) is 13.1 Å². The van der Waals surface area contributed by atoms with Crippen molar-refractivity contribution < 1.29 is 4.79 Å². The maximum absolute atomic E-state index is 11.5. The largest absolute Gasteiger partial charge is 0.341 e. The monoisotopic (exact) mass is 184 g/mol. The molecule has 1 amide bonds. The highest BCUT2D eigenvalue weighted by Crippen LogP contribution is 2.34. The van der Waals surface area contributed by atoms with E-state index in [1.165, 1.54) is 0 Å². The molecular formula is C10H20N2O. The molecule has 1 aliphatic rings. The number of hydrogen-bond donors (Lipinski definition) is 1. The van der Waals surface area contributed by atoms with Crippen molar-refractivity contribution in [2.45, 2.75) is 20.8 Å². The van der Waals surface area contributed by atoms with Gasteiger partial charge in [-0.05, 0) is 18.4 Å². The van der Waals surface area contributed by atoms with Gasteiger partial charge in [0.15, 0.2) is 0 Å². The van der Waals surface area contributed by atoms with Crippen LogP contribution in [0.1, 0.15) is 20.8 Å². The summed E-state index contributed by atoms with van der Waals surface area (Å²) < 4.78 is 0. The Balaban J connectivity index is 2.53. The predicted octanol–water partition coefficient (Wildman–Crippen LogP) is 0.710. The molecule has 0 radical (unpaired) electrons. The van der Waals surface area contributed by atoms with Crippen LogP contribution in [0.4, 0.5) is 0 Å². The van der Waals surface area contributed by atoms with Gasteiger partial charge in [0.2, 0.25) is 5.91 Å². The van der Waals surface area contributed by atoms with Crippen LogP contribution in [0.25, 0.3) is 0 Å². The van der Waals surface area contributed by atoms with E-state index >= 15 is 0 Å². The molecule has 0 aromatic heterocycles. The lowest BCUT2D eigenvalue weighted by Gasteiger charge is -2.21. The highest BCUT2D eigenvalue weighted by atomic mass is 16.2. The van der Waals surface area contributed by atoms with Crippen LogP contribution in [-0.4, -0.2) is 37.5 Å². The molecule has 1 atom stereocenters. The first kappa shape index (κ1) is 10.5. The highest BCUT2D eigenvalue weighted by Gasteiger charge is 2.37. The summed E-state index contributed by atoms with van der Waals surface area (Å²) in [7, 11) is 1.81. The molecule has 1 unspecified atom stereocenters. The standard InChI is InChI=1S/C10H20N2O/c1-8-6-12(7-10(8,2)3)9(13)5-11-4/h8,11H,5-7H2,1-4H3. The third-order valence-corrected chi connectivity index (χ3v) is 3.11. The van der Waals surface area contributed by atoms with Crippen LogP contribution in [-0.2, 0) is 4.79 Å². The average Bonchev–Trinajstić information content (AvgIpc) is 2.27. The van der Waals surface area contributed by atoms with Crippen LogP contribution in [0.3, 0.4) is 0 Å². The lowest BCUT2D eigenvalue weighted by Crippen LogP contribution is -2.36. The lowest BCUT2D eigenvalue weighted by atomic mass is 9.84. The number of nitrogens with one attached hydrogen (secondary N) is 1. The van der Waals surface area contributed by atoms with Gasteiger partial charge in [-0.25, -0.2) is 0 Å². The quantitative estimate of drug-likeness (QED) is 0.685. The first-order valence-corrected chi connectivity index (χ1v) is 4.90. The van der Waals surface area contributed by atoms with E-state index in [0.29, 0.717) is 12.5 Å². The Hall–Kier alpha value is -0.570. The van der Waals surface area contributed by atoms with Gasteiger partial charge in [0.1, 0.15) is 0 Å². The number of hydrogen-bond acceptors (Lipinski definition) is 2. The van der Waals surface area contributed by atoms with Crippen LogP contribution in [0.15, 0.2) is 0 Å². The number of rotatable bonds is 2. The van der Waals surface area contributed by atoms with Gasteiger partial charge in [0.25, 0.3) is 0 Å². The van der Waals surface area contributed by atoms with E-state index in [1.807, 2.05) is 11.9 Å². The first-order chi connectivity index (χ1) is 5.97. The van der Waals surface area contributed by atoms with E-state index < -0.39 is 0 Å². The van der Waals surface area contributed by atoms with E-state index in [4.69, 9.17) is 0 Å². The SMILES string of the molecule is CNCC(=O)N1CC(C)C(C)(C)C1. The summed E-state index contributed by atoms with van der Waals surface area (Å²) in [5, 5.41) is 2.90. The summed E-state index contributed by atoms with van der Waals surface area (Å²) in [5.41, 5.74) is 0.281. The average molecular weight is 184 g/mol. The van der Waals surface area contributed by atoms with Crippen LogP contribution < -0.4 is 5.32 Å². The third kappa shape index (κ3) is 2.21. The number of nitrogens with zero attached hydrogens (tertiary/aromatic N) is 1. The third-order valence-electron chi connectivity index (χ3n) is 3.11. The first-order valence-electron chi connectivity index (χ1n) is 4.90. The zero-order valence-corrected chi connectivity index (χ0v) is 9.05. The summed E-state index contributed by atoms with van der Waals surface area (Å²) in [4.78, 5) is 13.5. The molecule has 3 nitrogen and oxygen atoms in total. The van der Waals surface area contributed by atoms with Crippen LogP contribution in [0.5, 0.6) is 0 Å². The Bertz CT molecular complexity index is 201. The topological polar surface area (TPSA) is 32.3 Å². The number of likely N-dealkylation sites (N-methyl/N-ethyl adjacent to an activating group) is 1. The molecule has 1 heterocycles. The van der Waals surface area contributed by atoms with Crippen molar-refractivity contribution in [2.75, 3.05) is 26.7 Å². The molecule has 0 saturated carbocycles. The number of carbonyl (C=O) groups is 1. The normalized spacial score (nSPS) is 26.5. The van der Waals surface area contributed by atoms with Crippen molar-refractivity contribution in [3.8, 4) is 0 Å². The van der Waals surface area contributed by atoms with E-state index in [2.05, 4.69) is 26.1 Å². The summed E-state index contributed by atoms with van der Waals surface area (Å²) in [6.45, 7) is 8.94. The second kappa shape index (κ2) is 3.66. The Kier molecular flexibility index (Phi) is 2.96. The van der Waals surface area contributed by atoms with E-state index in [9.17, 15) is 4.79 Å². The van der Waals surface area contributed by atoms with Crippen molar-refractivity contribution in [1.29, 1.82) is 0 Å². The Morgan fingerprint density at radius 1 is 1.62 bits per heavy atom. The maximum atomic E-state index is 11.5. The zero-order valence-electron chi connectivity index (χ0n) is 9.05. The fourth-order valence-electron chi connectivity index (χ4n) is 1.74. The molecule has 1 fully saturated rings. The molecule has 0 aromatic carbocycles. The smallest absolute Gasteiger partial charge is 0.236 e. The number of carbonyl (C=O) groups excluding carboxylic acids is 1. The minimum atomic E-state index is 0.222. The zero-order chi connectivity index (χ0) is 10.1. The van der Waals surface area contributed by atoms with Crippen molar-refractivity contribution in [3.05, 3.63) is 0 Å². The second-order valence-electron chi connectivity index (χ2n) is 4.69. The van der Waals surface area contributed by atoms with Crippen LogP contribution in [0.2, 0.25) is 0 Å². The fourth-order valence-corrected chi connectivity index (χ4v) is 1.74. The van der Waals surface area contributed by atoms with E-state index in [0.717, 1.165) is 13.1 Å². The van der Waals surface area contributed by atoms with Gasteiger partial charge in [-0.1, -0.05) is 20.8 Å². The Morgan fingerprint density at radius 2 is 2.23 bits per heavy atom. The maximum Gasteiger partial charge on any atom is 0.236 e. The van der Waals surface area contributed by atoms with Gasteiger partial charge < -0.3 is 10.2 Å². The van der Waals surface area contributed by atoms with Crippen LogP contribution in [0, 0.1) is 11.3 Å². The molecule has 76 valence electrons. The molecule has 1 saturated heterocycles. The molecule has 1 N–H and O–H groups in total. The Labute approximate surface area is 80.5 Å². The van der Waals surface area contributed by atoms with Gasteiger partial charge >= 0.3 is 0 Å². The van der Waals surface area contributed by atoms with Crippen LogP contribution >= 0.6 is 0 Å². The molecular weight excluding hydrogens is 164 g/mol. The van der Waals surface area contributed by atoms with Gasteiger partial charge in [0.05, 0.1) is 6.54 Å². The van der Waals surface area contributed by atoms with E-state index in [1.54, 1.807) is 0 Å². The molecule has 13 heavy (non-hydrogen) atoms. The van der Waals surface area contributed by atoms with Crippen molar-refractivity contribution in [1.82, 2.24) is 10.2 Å². The van der Waals surface area contributed by atoms with E-state index in [-0.39, 0.29) is 11.3 Å². The van der Waals surface area contributed by atoms with Gasteiger partial charge in [-0.2, -0.15) is 0 Å². The summed E-state index contributed by atoms with van der Waals surface area (Å²) in [5.74, 6) is 0.827. The summed E-state index contributed by atoms with van der Waals surface area (Å²) >= 11 is 0. The molecule has 1 aliphatic heterocycles. The van der Waals surface area contributed by atoms with Gasteiger partial charge in [-0.15, -0.1) is 0 Å². The van der Waals surface area contributed by atoms with Crippen molar-refractivity contribution >= 4 is 5.91 Å². The minimum absolute atomic E-state index is 0.222. The van der Waals surface area contributed by atoms with Crippen molar-refractivity contribution in [3.63, 3.8) is 0 Å². The molecule has 1 rings (SSSR count).